The summed E-state index contributed by atoms with van der Waals surface area (Å²) in [5, 5.41) is 3.30. The Bertz CT molecular complexity index is 975. The number of anilines is 1. The number of nitrogens with one attached hydrogen (secondary N) is 1. The normalized spacial score (nSPS) is 32.8. The van der Waals surface area contributed by atoms with E-state index in [9.17, 15) is 4.79 Å². The van der Waals surface area contributed by atoms with Crippen molar-refractivity contribution >= 4 is 11.6 Å². The van der Waals surface area contributed by atoms with Crippen molar-refractivity contribution in [3.63, 3.8) is 0 Å². The number of hydrogen-bond donors (Lipinski definition) is 1. The topological polar surface area (TPSA) is 32.3 Å². The molecule has 2 aromatic carbocycles. The van der Waals surface area contributed by atoms with Gasteiger partial charge in [-0.2, -0.15) is 0 Å². The first-order valence-corrected chi connectivity index (χ1v) is 12.1. The van der Waals surface area contributed by atoms with Gasteiger partial charge < -0.3 is 10.2 Å². The Balaban J connectivity index is 1.57. The number of benzene rings is 2. The maximum Gasteiger partial charge on any atom is 0.226 e. The second kappa shape index (κ2) is 7.69. The number of rotatable bonds is 3. The van der Waals surface area contributed by atoms with Gasteiger partial charge in [0.25, 0.3) is 0 Å². The van der Waals surface area contributed by atoms with Gasteiger partial charge in [-0.15, -0.1) is 0 Å². The Hall–Kier alpha value is -2.29. The molecule has 2 aromatic rings. The standard InChI is InChI=1S/C28H36N2O/c1-18-7-9-21(10-8-18)25-24(13-14-28(4)26(25)20(3)29-27(28)31)23-12-11-22(17-19(23)2)30-15-5-6-16-30/h7-12,17,20,24-26H,5-6,13-16H2,1-4H3,(H,29,31)/t20-,24+,25+,26+,28-/m1/s1. The lowest BCUT2D eigenvalue weighted by atomic mass is 9.55. The average molecular weight is 417 g/mol. The minimum absolute atomic E-state index is 0.204. The van der Waals surface area contributed by atoms with Gasteiger partial charge in [-0.1, -0.05) is 42.8 Å². The van der Waals surface area contributed by atoms with Crippen LogP contribution in [0.2, 0.25) is 0 Å². The predicted octanol–water partition coefficient (Wildman–Crippen LogP) is 5.71. The molecule has 2 heterocycles. The van der Waals surface area contributed by atoms with Gasteiger partial charge in [0.2, 0.25) is 5.91 Å². The van der Waals surface area contributed by atoms with Crippen LogP contribution in [0.1, 0.15) is 73.6 Å². The largest absolute Gasteiger partial charge is 0.372 e. The monoisotopic (exact) mass is 416 g/mol. The molecule has 3 aliphatic rings. The Morgan fingerprint density at radius 1 is 1.03 bits per heavy atom. The molecule has 164 valence electrons. The van der Waals surface area contributed by atoms with Crippen LogP contribution in [0, 0.1) is 25.2 Å². The summed E-state index contributed by atoms with van der Waals surface area (Å²) in [7, 11) is 0. The van der Waals surface area contributed by atoms with Crippen molar-refractivity contribution in [1.29, 1.82) is 0 Å². The van der Waals surface area contributed by atoms with Crippen LogP contribution in [0.25, 0.3) is 0 Å². The zero-order valence-corrected chi connectivity index (χ0v) is 19.4. The van der Waals surface area contributed by atoms with E-state index in [0.717, 1.165) is 12.8 Å². The zero-order chi connectivity index (χ0) is 21.8. The number of amides is 1. The van der Waals surface area contributed by atoms with Gasteiger partial charge in [-0.3, -0.25) is 4.79 Å². The van der Waals surface area contributed by atoms with E-state index < -0.39 is 0 Å². The summed E-state index contributed by atoms with van der Waals surface area (Å²) in [5.74, 6) is 1.37. The van der Waals surface area contributed by atoms with Crippen molar-refractivity contribution in [2.24, 2.45) is 11.3 Å². The Labute approximate surface area is 187 Å². The van der Waals surface area contributed by atoms with Crippen LogP contribution in [0.4, 0.5) is 5.69 Å². The maximum atomic E-state index is 13.0. The molecule has 5 rings (SSSR count). The summed E-state index contributed by atoms with van der Waals surface area (Å²) < 4.78 is 0. The average Bonchev–Trinajstić information content (AvgIpc) is 3.36. The first kappa shape index (κ1) is 20.6. The summed E-state index contributed by atoms with van der Waals surface area (Å²) in [6.07, 6.45) is 4.64. The molecule has 1 amide bonds. The summed E-state index contributed by atoms with van der Waals surface area (Å²) in [4.78, 5) is 15.5. The van der Waals surface area contributed by atoms with Gasteiger partial charge >= 0.3 is 0 Å². The molecule has 3 heteroatoms. The van der Waals surface area contributed by atoms with Crippen LogP contribution in [0.3, 0.4) is 0 Å². The van der Waals surface area contributed by atoms with E-state index in [1.165, 1.54) is 53.9 Å². The fourth-order valence-electron chi connectivity index (χ4n) is 6.86. The quantitative estimate of drug-likeness (QED) is 0.695. The minimum Gasteiger partial charge on any atom is -0.372 e. The van der Waals surface area contributed by atoms with Gasteiger partial charge in [0.1, 0.15) is 0 Å². The number of carbonyl (C=O) groups is 1. The molecule has 0 unspecified atom stereocenters. The van der Waals surface area contributed by atoms with E-state index >= 15 is 0 Å². The Morgan fingerprint density at radius 2 is 1.74 bits per heavy atom. The van der Waals surface area contributed by atoms with E-state index in [1.54, 1.807) is 0 Å². The number of aryl methyl sites for hydroxylation is 2. The second-order valence-corrected chi connectivity index (χ2v) is 10.5. The van der Waals surface area contributed by atoms with Crippen LogP contribution in [0.5, 0.6) is 0 Å². The molecule has 1 aliphatic carbocycles. The molecule has 0 bridgehead atoms. The number of hydrogen-bond acceptors (Lipinski definition) is 2. The molecule has 0 radical (unpaired) electrons. The van der Waals surface area contributed by atoms with E-state index in [-0.39, 0.29) is 17.4 Å². The molecule has 2 aliphatic heterocycles. The molecular weight excluding hydrogens is 380 g/mol. The van der Waals surface area contributed by atoms with E-state index in [1.807, 2.05) is 0 Å². The lowest BCUT2D eigenvalue weighted by Gasteiger charge is -2.46. The SMILES string of the molecule is Cc1ccc([C@@H]2[C@@H]3[C@@H](C)NC(=O)[C@]3(C)CC[C@H]2c2ccc(N3CCCC3)cc2C)cc1. The molecule has 0 spiro atoms. The van der Waals surface area contributed by atoms with Crippen molar-refractivity contribution in [3.8, 4) is 0 Å². The van der Waals surface area contributed by atoms with Crippen molar-refractivity contribution in [3.05, 3.63) is 64.7 Å². The van der Waals surface area contributed by atoms with E-state index in [4.69, 9.17) is 0 Å². The highest BCUT2D eigenvalue weighted by atomic mass is 16.2. The van der Waals surface area contributed by atoms with Gasteiger partial charge in [0.15, 0.2) is 0 Å². The third kappa shape index (κ3) is 3.37. The molecule has 3 nitrogen and oxygen atoms in total. The molecular formula is C28H36N2O. The number of carbonyl (C=O) groups excluding carboxylic acids is 1. The fourth-order valence-corrected chi connectivity index (χ4v) is 6.86. The van der Waals surface area contributed by atoms with Gasteiger partial charge in [0.05, 0.1) is 5.41 Å². The first-order chi connectivity index (χ1) is 14.9. The van der Waals surface area contributed by atoms with Crippen molar-refractivity contribution < 1.29 is 4.79 Å². The van der Waals surface area contributed by atoms with Crippen LogP contribution < -0.4 is 10.2 Å². The first-order valence-electron chi connectivity index (χ1n) is 12.1. The van der Waals surface area contributed by atoms with E-state index in [0.29, 0.717) is 17.8 Å². The van der Waals surface area contributed by atoms with Crippen LogP contribution in [-0.4, -0.2) is 25.0 Å². The fraction of sp³-hybridized carbons (Fsp3) is 0.536. The van der Waals surface area contributed by atoms with Crippen molar-refractivity contribution in [1.82, 2.24) is 5.32 Å². The van der Waals surface area contributed by atoms with Crippen molar-refractivity contribution in [2.75, 3.05) is 18.0 Å². The lowest BCUT2D eigenvalue weighted by molar-refractivity contribution is -0.129. The summed E-state index contributed by atoms with van der Waals surface area (Å²) >= 11 is 0. The van der Waals surface area contributed by atoms with Crippen LogP contribution in [-0.2, 0) is 4.79 Å². The maximum absolute atomic E-state index is 13.0. The number of fused-ring (bicyclic) bond motifs is 1. The zero-order valence-electron chi connectivity index (χ0n) is 19.4. The van der Waals surface area contributed by atoms with E-state index in [2.05, 4.69) is 80.4 Å². The molecule has 2 saturated heterocycles. The molecule has 31 heavy (non-hydrogen) atoms. The van der Waals surface area contributed by atoms with Gasteiger partial charge in [-0.05, 0) is 87.1 Å². The summed E-state index contributed by atoms with van der Waals surface area (Å²) in [5.41, 5.74) is 6.66. The summed E-state index contributed by atoms with van der Waals surface area (Å²) in [6, 6.07) is 16.4. The smallest absolute Gasteiger partial charge is 0.226 e. The molecule has 3 fully saturated rings. The highest BCUT2D eigenvalue weighted by Gasteiger charge is 2.57. The highest BCUT2D eigenvalue weighted by Crippen LogP contribution is 2.58. The summed E-state index contributed by atoms with van der Waals surface area (Å²) in [6.45, 7) is 11.2. The van der Waals surface area contributed by atoms with Gasteiger partial charge in [-0.25, -0.2) is 0 Å². The second-order valence-electron chi connectivity index (χ2n) is 10.5. The highest BCUT2D eigenvalue weighted by molar-refractivity contribution is 5.86. The van der Waals surface area contributed by atoms with Crippen LogP contribution in [0.15, 0.2) is 42.5 Å². The Morgan fingerprint density at radius 3 is 2.42 bits per heavy atom. The van der Waals surface area contributed by atoms with Crippen LogP contribution >= 0.6 is 0 Å². The molecule has 1 saturated carbocycles. The molecule has 0 aromatic heterocycles. The third-order valence-electron chi connectivity index (χ3n) is 8.53. The predicted molar refractivity (Wildman–Crippen MR) is 128 cm³/mol. The Kier molecular flexibility index (Phi) is 5.11. The molecule has 5 atom stereocenters. The lowest BCUT2D eigenvalue weighted by Crippen LogP contribution is -2.42. The minimum atomic E-state index is -0.269. The third-order valence-corrected chi connectivity index (χ3v) is 8.53. The number of nitrogens with zero attached hydrogens (tertiary/aromatic N) is 1. The molecule has 1 N–H and O–H groups in total. The van der Waals surface area contributed by atoms with Gasteiger partial charge in [0, 0.05) is 30.7 Å². The van der Waals surface area contributed by atoms with Crippen molar-refractivity contribution in [2.45, 2.75) is 71.3 Å².